The van der Waals surface area contributed by atoms with Gasteiger partial charge in [-0.25, -0.2) is 0 Å². The highest BCUT2D eigenvalue weighted by Gasteiger charge is 2.24. The van der Waals surface area contributed by atoms with Gasteiger partial charge in [-0.05, 0) is 51.2 Å². The molecule has 0 amide bonds. The van der Waals surface area contributed by atoms with E-state index in [-0.39, 0.29) is 6.10 Å². The molecule has 3 atom stereocenters. The number of aliphatic hydroxyl groups excluding tert-OH is 1. The summed E-state index contributed by atoms with van der Waals surface area (Å²) in [5.41, 5.74) is 0. The molecule has 0 heterocycles. The predicted octanol–water partition coefficient (Wildman–Crippen LogP) is 3.00. The average Bonchev–Trinajstić information content (AvgIpc) is 2.52. The van der Waals surface area contributed by atoms with Crippen molar-refractivity contribution >= 4 is 11.8 Å². The fourth-order valence-corrected chi connectivity index (χ4v) is 3.21. The highest BCUT2D eigenvalue weighted by atomic mass is 32.2. The molecule has 102 valence electrons. The van der Waals surface area contributed by atoms with Crippen LogP contribution in [0.2, 0.25) is 0 Å². The lowest BCUT2D eigenvalue weighted by molar-refractivity contribution is 0.0709. The fraction of sp³-hybridized carbons (Fsp3) is 1.00. The van der Waals surface area contributed by atoms with Crippen LogP contribution in [0.1, 0.15) is 45.4 Å². The van der Waals surface area contributed by atoms with Crippen LogP contribution in [0.25, 0.3) is 0 Å². The summed E-state index contributed by atoms with van der Waals surface area (Å²) in [6.45, 7) is 3.37. The monoisotopic (exact) mass is 259 g/mol. The first-order valence-electron chi connectivity index (χ1n) is 7.02. The molecule has 1 aliphatic carbocycles. The molecule has 0 aromatic carbocycles. The topological polar surface area (TPSA) is 23.5 Å². The molecule has 1 fully saturated rings. The van der Waals surface area contributed by atoms with Crippen molar-refractivity contribution in [3.63, 3.8) is 0 Å². The lowest BCUT2D eigenvalue weighted by atomic mass is 9.96. The Hall–Kier alpha value is 0.270. The van der Waals surface area contributed by atoms with E-state index < -0.39 is 0 Å². The molecule has 2 nitrogen and oxygen atoms in total. The molecule has 0 saturated heterocycles. The molecule has 3 heteroatoms. The minimum Gasteiger partial charge on any atom is -0.393 e. The third-order valence-electron chi connectivity index (χ3n) is 4.13. The van der Waals surface area contributed by atoms with E-state index in [0.29, 0.717) is 12.0 Å². The van der Waals surface area contributed by atoms with Gasteiger partial charge in [0.05, 0.1) is 6.10 Å². The van der Waals surface area contributed by atoms with Gasteiger partial charge in [0.15, 0.2) is 0 Å². The predicted molar refractivity (Wildman–Crippen MR) is 77.7 cm³/mol. The van der Waals surface area contributed by atoms with Crippen molar-refractivity contribution in [3.8, 4) is 0 Å². The average molecular weight is 259 g/mol. The van der Waals surface area contributed by atoms with E-state index in [0.717, 1.165) is 13.0 Å². The molecule has 1 N–H and O–H groups in total. The zero-order valence-corrected chi connectivity index (χ0v) is 12.5. The van der Waals surface area contributed by atoms with Gasteiger partial charge in [-0.1, -0.05) is 19.3 Å². The van der Waals surface area contributed by atoms with Gasteiger partial charge in [-0.15, -0.1) is 0 Å². The first kappa shape index (κ1) is 15.3. The van der Waals surface area contributed by atoms with Crippen LogP contribution in [0.3, 0.4) is 0 Å². The molecule has 0 radical (unpaired) electrons. The van der Waals surface area contributed by atoms with E-state index >= 15 is 0 Å². The first-order valence-corrected chi connectivity index (χ1v) is 8.41. The minimum atomic E-state index is -0.0623. The zero-order valence-electron chi connectivity index (χ0n) is 11.7. The number of rotatable bonds is 6. The Labute approximate surface area is 111 Å². The van der Waals surface area contributed by atoms with Gasteiger partial charge in [0.25, 0.3) is 0 Å². The normalized spacial score (nSPS) is 28.1. The Morgan fingerprint density at radius 1 is 1.29 bits per heavy atom. The molecule has 1 aliphatic rings. The van der Waals surface area contributed by atoms with E-state index in [4.69, 9.17) is 0 Å². The quantitative estimate of drug-likeness (QED) is 0.742. The van der Waals surface area contributed by atoms with Gasteiger partial charge in [0, 0.05) is 12.6 Å². The van der Waals surface area contributed by atoms with Crippen LogP contribution in [0.5, 0.6) is 0 Å². The summed E-state index contributed by atoms with van der Waals surface area (Å²) in [6, 6.07) is 0.637. The van der Waals surface area contributed by atoms with Gasteiger partial charge < -0.3 is 10.0 Å². The van der Waals surface area contributed by atoms with Crippen LogP contribution in [-0.2, 0) is 0 Å². The Morgan fingerprint density at radius 3 is 2.71 bits per heavy atom. The number of aliphatic hydroxyl groups is 1. The van der Waals surface area contributed by atoms with Crippen LogP contribution in [-0.4, -0.2) is 47.8 Å². The summed E-state index contributed by atoms with van der Waals surface area (Å²) >= 11 is 1.92. The SMILES string of the molecule is CSCCC(C)N(C)CC1CCCCCC1O. The number of hydrogen-bond acceptors (Lipinski definition) is 3. The highest BCUT2D eigenvalue weighted by molar-refractivity contribution is 7.98. The standard InChI is InChI=1S/C14H29NOS/c1-12(9-10-17-3)15(2)11-13-7-5-4-6-8-14(13)16/h12-14,16H,4-11H2,1-3H3. The number of nitrogens with zero attached hydrogens (tertiary/aromatic N) is 1. The molecule has 0 aromatic heterocycles. The molecule has 0 aliphatic heterocycles. The molecule has 17 heavy (non-hydrogen) atoms. The summed E-state index contributed by atoms with van der Waals surface area (Å²) in [5, 5.41) is 10.1. The lowest BCUT2D eigenvalue weighted by Crippen LogP contribution is -2.37. The summed E-state index contributed by atoms with van der Waals surface area (Å²) < 4.78 is 0. The Kier molecular flexibility index (Phi) is 7.56. The molecular formula is C14H29NOS. The van der Waals surface area contributed by atoms with Gasteiger partial charge in [0.2, 0.25) is 0 Å². The third kappa shape index (κ3) is 5.62. The fourth-order valence-electron chi connectivity index (χ4n) is 2.64. The number of thioether (sulfide) groups is 1. The van der Waals surface area contributed by atoms with E-state index in [1.807, 2.05) is 11.8 Å². The Balaban J connectivity index is 2.34. The summed E-state index contributed by atoms with van der Waals surface area (Å²) in [6.07, 6.45) is 9.39. The summed E-state index contributed by atoms with van der Waals surface area (Å²) in [5.74, 6) is 1.73. The molecule has 1 saturated carbocycles. The first-order chi connectivity index (χ1) is 8.15. The van der Waals surface area contributed by atoms with Gasteiger partial charge in [-0.2, -0.15) is 11.8 Å². The highest BCUT2D eigenvalue weighted by Crippen LogP contribution is 2.24. The smallest absolute Gasteiger partial charge is 0.0580 e. The Morgan fingerprint density at radius 2 is 2.00 bits per heavy atom. The van der Waals surface area contributed by atoms with Crippen LogP contribution in [0.4, 0.5) is 0 Å². The van der Waals surface area contributed by atoms with Crippen molar-refractivity contribution in [2.45, 2.75) is 57.6 Å². The van der Waals surface area contributed by atoms with E-state index in [1.165, 1.54) is 37.9 Å². The van der Waals surface area contributed by atoms with E-state index in [9.17, 15) is 5.11 Å². The van der Waals surface area contributed by atoms with Crippen molar-refractivity contribution in [1.29, 1.82) is 0 Å². The lowest BCUT2D eigenvalue weighted by Gasteiger charge is -2.30. The second kappa shape index (κ2) is 8.39. The van der Waals surface area contributed by atoms with Gasteiger partial charge in [-0.3, -0.25) is 0 Å². The van der Waals surface area contributed by atoms with Crippen molar-refractivity contribution in [1.82, 2.24) is 4.90 Å². The van der Waals surface area contributed by atoms with E-state index in [2.05, 4.69) is 25.1 Å². The molecular weight excluding hydrogens is 230 g/mol. The summed E-state index contributed by atoms with van der Waals surface area (Å²) in [4.78, 5) is 2.44. The second-order valence-electron chi connectivity index (χ2n) is 5.54. The van der Waals surface area contributed by atoms with Gasteiger partial charge in [0.1, 0.15) is 0 Å². The van der Waals surface area contributed by atoms with Crippen molar-refractivity contribution < 1.29 is 5.11 Å². The molecule has 3 unspecified atom stereocenters. The molecule has 1 rings (SSSR count). The Bertz CT molecular complexity index is 201. The van der Waals surface area contributed by atoms with Crippen molar-refractivity contribution in [2.75, 3.05) is 25.6 Å². The minimum absolute atomic E-state index is 0.0623. The molecule has 0 aromatic rings. The van der Waals surface area contributed by atoms with E-state index in [1.54, 1.807) is 0 Å². The second-order valence-corrected chi connectivity index (χ2v) is 6.52. The maximum atomic E-state index is 10.1. The van der Waals surface area contributed by atoms with Crippen molar-refractivity contribution in [2.24, 2.45) is 5.92 Å². The largest absolute Gasteiger partial charge is 0.393 e. The van der Waals surface area contributed by atoms with Gasteiger partial charge >= 0.3 is 0 Å². The van der Waals surface area contributed by atoms with Crippen LogP contribution in [0, 0.1) is 5.92 Å². The number of hydrogen-bond donors (Lipinski definition) is 1. The van der Waals surface area contributed by atoms with Crippen LogP contribution in [0.15, 0.2) is 0 Å². The molecule has 0 bridgehead atoms. The van der Waals surface area contributed by atoms with Crippen molar-refractivity contribution in [3.05, 3.63) is 0 Å². The van der Waals surface area contributed by atoms with Crippen LogP contribution < -0.4 is 0 Å². The van der Waals surface area contributed by atoms with Crippen LogP contribution >= 0.6 is 11.8 Å². The maximum Gasteiger partial charge on any atom is 0.0580 e. The molecule has 0 spiro atoms. The summed E-state index contributed by atoms with van der Waals surface area (Å²) in [7, 11) is 2.21. The third-order valence-corrected chi connectivity index (χ3v) is 4.78. The zero-order chi connectivity index (χ0) is 12.7. The maximum absolute atomic E-state index is 10.1.